The maximum atomic E-state index is 11.7. The van der Waals surface area contributed by atoms with Crippen LogP contribution in [0.25, 0.3) is 0 Å². The Kier molecular flexibility index (Phi) is 7.62. The molecule has 0 aliphatic rings. The Bertz CT molecular complexity index is 797. The van der Waals surface area contributed by atoms with Crippen LogP contribution in [0.1, 0.15) is 5.56 Å². The molecule has 6 nitrogen and oxygen atoms in total. The molecule has 0 saturated carbocycles. The van der Waals surface area contributed by atoms with E-state index in [1.54, 1.807) is 42.5 Å². The van der Waals surface area contributed by atoms with Gasteiger partial charge in [-0.15, -0.1) is 0 Å². The Labute approximate surface area is 163 Å². The number of amides is 2. The van der Waals surface area contributed by atoms with Crippen LogP contribution in [0.15, 0.2) is 53.0 Å². The van der Waals surface area contributed by atoms with Gasteiger partial charge in [0.15, 0.2) is 13.2 Å². The lowest BCUT2D eigenvalue weighted by molar-refractivity contribution is -0.151. The van der Waals surface area contributed by atoms with Gasteiger partial charge in [0.05, 0.1) is 10.9 Å². The summed E-state index contributed by atoms with van der Waals surface area (Å²) in [5.41, 5.74) is 0.775. The molecule has 0 aliphatic carbocycles. The van der Waals surface area contributed by atoms with Gasteiger partial charge >= 0.3 is 5.97 Å². The maximum Gasteiger partial charge on any atom is 0.344 e. The van der Waals surface area contributed by atoms with Crippen molar-refractivity contribution in [2.75, 3.05) is 13.2 Å². The van der Waals surface area contributed by atoms with E-state index in [4.69, 9.17) is 21.1 Å². The summed E-state index contributed by atoms with van der Waals surface area (Å²) in [7, 11) is 0. The monoisotopic (exact) mass is 439 g/mol. The molecule has 0 spiro atoms. The molecule has 2 aromatic rings. The first-order valence-electron chi connectivity index (χ1n) is 7.54. The van der Waals surface area contributed by atoms with Crippen LogP contribution >= 0.6 is 27.5 Å². The Hall–Kier alpha value is -2.38. The quantitative estimate of drug-likeness (QED) is 0.670. The molecule has 0 aromatic heterocycles. The van der Waals surface area contributed by atoms with Crippen LogP contribution in [0.4, 0.5) is 0 Å². The first-order valence-corrected chi connectivity index (χ1v) is 8.71. The minimum absolute atomic E-state index is 0.0637. The zero-order valence-electron chi connectivity index (χ0n) is 13.5. The fourth-order valence-electron chi connectivity index (χ4n) is 1.93. The lowest BCUT2D eigenvalue weighted by atomic mass is 10.1. The largest absolute Gasteiger partial charge is 0.481 e. The summed E-state index contributed by atoms with van der Waals surface area (Å²) in [5.74, 6) is -1.50. The molecule has 0 radical (unpaired) electrons. The molecule has 0 bridgehead atoms. The van der Waals surface area contributed by atoms with Crippen molar-refractivity contribution in [1.82, 2.24) is 5.32 Å². The number of ether oxygens (including phenoxy) is 2. The number of esters is 1. The number of rotatable bonds is 7. The number of halogens is 2. The molecule has 1 N–H and O–H groups in total. The second-order valence-electron chi connectivity index (χ2n) is 5.16. The van der Waals surface area contributed by atoms with Crippen molar-refractivity contribution in [1.29, 1.82) is 0 Å². The van der Waals surface area contributed by atoms with Gasteiger partial charge in [-0.05, 0) is 39.7 Å². The molecule has 0 heterocycles. The predicted octanol–water partition coefficient (Wildman–Crippen LogP) is 2.91. The summed E-state index contributed by atoms with van der Waals surface area (Å²) in [6, 6.07) is 13.8. The zero-order valence-corrected chi connectivity index (χ0v) is 15.9. The highest BCUT2D eigenvalue weighted by Crippen LogP contribution is 2.27. The van der Waals surface area contributed by atoms with Crippen LogP contribution in [0.3, 0.4) is 0 Å². The number of nitrogens with one attached hydrogen (secondary N) is 1. The molecule has 0 fully saturated rings. The summed E-state index contributed by atoms with van der Waals surface area (Å²) >= 11 is 9.06. The van der Waals surface area contributed by atoms with Gasteiger partial charge in [0.1, 0.15) is 5.75 Å². The number of carbonyl (C=O) groups excluding carboxylic acids is 3. The lowest BCUT2D eigenvalue weighted by Gasteiger charge is -2.09. The van der Waals surface area contributed by atoms with E-state index in [-0.39, 0.29) is 13.0 Å². The van der Waals surface area contributed by atoms with E-state index in [1.165, 1.54) is 0 Å². The highest BCUT2D eigenvalue weighted by atomic mass is 79.9. The summed E-state index contributed by atoms with van der Waals surface area (Å²) < 4.78 is 10.6. The highest BCUT2D eigenvalue weighted by molar-refractivity contribution is 9.10. The molecular weight excluding hydrogens is 426 g/mol. The van der Waals surface area contributed by atoms with Crippen molar-refractivity contribution >= 4 is 45.3 Å². The van der Waals surface area contributed by atoms with Crippen molar-refractivity contribution in [2.45, 2.75) is 6.42 Å². The Morgan fingerprint density at radius 3 is 2.42 bits per heavy atom. The SMILES string of the molecule is O=C(COC(=O)COc1ccc(Cl)cc1Br)NC(=O)Cc1ccccc1. The minimum Gasteiger partial charge on any atom is -0.481 e. The molecule has 136 valence electrons. The third-order valence-electron chi connectivity index (χ3n) is 3.09. The van der Waals surface area contributed by atoms with Crippen molar-refractivity contribution in [3.05, 3.63) is 63.6 Å². The van der Waals surface area contributed by atoms with Crippen LogP contribution < -0.4 is 10.1 Å². The number of benzene rings is 2. The van der Waals surface area contributed by atoms with E-state index in [1.807, 2.05) is 6.07 Å². The Morgan fingerprint density at radius 1 is 1.00 bits per heavy atom. The smallest absolute Gasteiger partial charge is 0.344 e. The third-order valence-corrected chi connectivity index (χ3v) is 3.94. The van der Waals surface area contributed by atoms with Crippen molar-refractivity contribution in [2.24, 2.45) is 0 Å². The van der Waals surface area contributed by atoms with Gasteiger partial charge in [-0.3, -0.25) is 14.9 Å². The Morgan fingerprint density at radius 2 is 1.73 bits per heavy atom. The van der Waals surface area contributed by atoms with Gasteiger partial charge in [-0.2, -0.15) is 0 Å². The zero-order chi connectivity index (χ0) is 18.9. The molecule has 0 atom stereocenters. The van der Waals surface area contributed by atoms with E-state index in [0.717, 1.165) is 5.56 Å². The first-order chi connectivity index (χ1) is 12.4. The predicted molar refractivity (Wildman–Crippen MR) is 98.9 cm³/mol. The normalized spacial score (nSPS) is 10.1. The van der Waals surface area contributed by atoms with E-state index < -0.39 is 24.4 Å². The van der Waals surface area contributed by atoms with Crippen LogP contribution in [0, 0.1) is 0 Å². The van der Waals surface area contributed by atoms with E-state index in [9.17, 15) is 14.4 Å². The standard InChI is InChI=1S/C18H15BrClNO5/c19-14-9-13(20)6-7-15(14)25-11-18(24)26-10-17(23)21-16(22)8-12-4-2-1-3-5-12/h1-7,9H,8,10-11H2,(H,21,22,23). The topological polar surface area (TPSA) is 81.7 Å². The molecule has 0 aliphatic heterocycles. The van der Waals surface area contributed by atoms with E-state index >= 15 is 0 Å². The first kappa shape index (κ1) is 19.9. The van der Waals surface area contributed by atoms with Crippen LogP contribution in [-0.2, 0) is 25.5 Å². The van der Waals surface area contributed by atoms with Crippen molar-refractivity contribution < 1.29 is 23.9 Å². The Balaban J connectivity index is 1.69. The fourth-order valence-corrected chi connectivity index (χ4v) is 2.73. The number of imide groups is 1. The molecule has 2 rings (SSSR count). The summed E-state index contributed by atoms with van der Waals surface area (Å²) in [5, 5.41) is 2.67. The van der Waals surface area contributed by atoms with Gasteiger partial charge in [-0.25, -0.2) is 4.79 Å². The van der Waals surface area contributed by atoms with E-state index in [0.29, 0.717) is 15.2 Å². The number of hydrogen-bond acceptors (Lipinski definition) is 5. The van der Waals surface area contributed by atoms with Crippen LogP contribution in [0.5, 0.6) is 5.75 Å². The van der Waals surface area contributed by atoms with Crippen LogP contribution in [-0.4, -0.2) is 31.0 Å². The molecular formula is C18H15BrClNO5. The number of hydrogen-bond donors (Lipinski definition) is 1. The molecule has 0 unspecified atom stereocenters. The average molecular weight is 441 g/mol. The fraction of sp³-hybridized carbons (Fsp3) is 0.167. The second kappa shape index (κ2) is 9.94. The second-order valence-corrected chi connectivity index (χ2v) is 6.45. The maximum absolute atomic E-state index is 11.7. The third kappa shape index (κ3) is 6.85. The molecule has 8 heteroatoms. The minimum atomic E-state index is -0.738. The summed E-state index contributed by atoms with van der Waals surface area (Å²) in [6.07, 6.45) is 0.0637. The van der Waals surface area contributed by atoms with Crippen molar-refractivity contribution in [3.63, 3.8) is 0 Å². The van der Waals surface area contributed by atoms with Gasteiger partial charge in [0.25, 0.3) is 5.91 Å². The molecule has 0 saturated heterocycles. The lowest BCUT2D eigenvalue weighted by Crippen LogP contribution is -2.35. The van der Waals surface area contributed by atoms with Crippen molar-refractivity contribution in [3.8, 4) is 5.75 Å². The van der Waals surface area contributed by atoms with Gasteiger partial charge < -0.3 is 9.47 Å². The van der Waals surface area contributed by atoms with E-state index in [2.05, 4.69) is 21.2 Å². The van der Waals surface area contributed by atoms with Crippen LogP contribution in [0.2, 0.25) is 5.02 Å². The average Bonchev–Trinajstić information content (AvgIpc) is 2.60. The molecule has 2 aromatic carbocycles. The summed E-state index contributed by atoms with van der Waals surface area (Å²) in [4.78, 5) is 35.0. The van der Waals surface area contributed by atoms with Gasteiger partial charge in [-0.1, -0.05) is 41.9 Å². The number of carbonyl (C=O) groups is 3. The van der Waals surface area contributed by atoms with Gasteiger partial charge in [0.2, 0.25) is 5.91 Å². The summed E-state index contributed by atoms with van der Waals surface area (Å²) in [6.45, 7) is -0.948. The van der Waals surface area contributed by atoms with Gasteiger partial charge in [0, 0.05) is 5.02 Å². The molecule has 26 heavy (non-hydrogen) atoms. The molecule has 2 amide bonds. The highest BCUT2D eigenvalue weighted by Gasteiger charge is 2.12.